The summed E-state index contributed by atoms with van der Waals surface area (Å²) in [6.45, 7) is 4.40. The fraction of sp³-hybridized carbons (Fsp3) is 0.500. The molecule has 1 aliphatic rings. The lowest BCUT2D eigenvalue weighted by atomic mass is 10.2. The van der Waals surface area contributed by atoms with Crippen LogP contribution in [-0.4, -0.2) is 48.0 Å². The lowest BCUT2D eigenvalue weighted by Crippen LogP contribution is -2.52. The molecule has 0 spiro atoms. The van der Waals surface area contributed by atoms with Gasteiger partial charge in [0.1, 0.15) is 0 Å². The molecule has 1 unspecified atom stereocenters. The third kappa shape index (κ3) is 3.91. The van der Waals surface area contributed by atoms with Crippen LogP contribution in [0.4, 0.5) is 5.69 Å². The summed E-state index contributed by atoms with van der Waals surface area (Å²) in [6, 6.07) is 6.34. The molecule has 0 aliphatic carbocycles. The molecule has 1 saturated heterocycles. The first kappa shape index (κ1) is 15.2. The summed E-state index contributed by atoms with van der Waals surface area (Å²) in [7, 11) is 0. The van der Waals surface area contributed by atoms with E-state index in [1.165, 1.54) is 12.1 Å². The number of carbonyl (C=O) groups excluding carboxylic acids is 1. The average molecular weight is 293 g/mol. The summed E-state index contributed by atoms with van der Waals surface area (Å²) in [4.78, 5) is 24.3. The highest BCUT2D eigenvalue weighted by Gasteiger charge is 2.23. The second kappa shape index (κ2) is 7.03. The zero-order valence-corrected chi connectivity index (χ0v) is 11.9. The van der Waals surface area contributed by atoms with E-state index < -0.39 is 4.92 Å². The van der Waals surface area contributed by atoms with Crippen molar-refractivity contribution in [2.24, 2.45) is 0 Å². The van der Waals surface area contributed by atoms with E-state index >= 15 is 0 Å². The Hall–Kier alpha value is -2.15. The lowest BCUT2D eigenvalue weighted by molar-refractivity contribution is -0.385. The summed E-state index contributed by atoms with van der Waals surface area (Å²) >= 11 is 0. The maximum atomic E-state index is 12.1. The van der Waals surface area contributed by atoms with Crippen molar-refractivity contribution < 1.29 is 14.5 Å². The first-order chi connectivity index (χ1) is 10.1. The molecule has 114 valence electrons. The molecular weight excluding hydrogens is 274 g/mol. The SMILES string of the molecule is CC1CNCCN1C(=O)CCOc1ccccc1[N+](=O)[O-]. The average Bonchev–Trinajstić information content (AvgIpc) is 2.48. The Morgan fingerprint density at radius 2 is 2.29 bits per heavy atom. The zero-order chi connectivity index (χ0) is 15.2. The van der Waals surface area contributed by atoms with Crippen LogP contribution in [0.3, 0.4) is 0 Å². The van der Waals surface area contributed by atoms with Crippen LogP contribution in [0, 0.1) is 10.1 Å². The normalized spacial score (nSPS) is 18.3. The molecule has 0 radical (unpaired) electrons. The van der Waals surface area contributed by atoms with Crippen LogP contribution in [-0.2, 0) is 4.79 Å². The van der Waals surface area contributed by atoms with E-state index in [0.717, 1.165) is 13.1 Å². The minimum atomic E-state index is -0.491. The maximum absolute atomic E-state index is 12.1. The van der Waals surface area contributed by atoms with Crippen molar-refractivity contribution in [2.45, 2.75) is 19.4 Å². The van der Waals surface area contributed by atoms with Gasteiger partial charge in [0.05, 0.1) is 18.0 Å². The molecule has 7 nitrogen and oxygen atoms in total. The van der Waals surface area contributed by atoms with Gasteiger partial charge in [-0.05, 0) is 13.0 Å². The van der Waals surface area contributed by atoms with Crippen molar-refractivity contribution in [1.29, 1.82) is 0 Å². The standard InChI is InChI=1S/C14H19N3O4/c1-11-10-15-7-8-16(11)14(18)6-9-21-13-5-3-2-4-12(13)17(19)20/h2-5,11,15H,6-10H2,1H3. The number of nitro benzene ring substituents is 1. The minimum absolute atomic E-state index is 0.0163. The Morgan fingerprint density at radius 1 is 1.52 bits per heavy atom. The van der Waals surface area contributed by atoms with Crippen LogP contribution in [0.25, 0.3) is 0 Å². The molecule has 21 heavy (non-hydrogen) atoms. The number of nitro groups is 1. The van der Waals surface area contributed by atoms with Gasteiger partial charge in [0.2, 0.25) is 5.91 Å². The molecule has 1 amide bonds. The van der Waals surface area contributed by atoms with E-state index in [1.807, 2.05) is 11.8 Å². The number of benzene rings is 1. The molecule has 1 aromatic carbocycles. The van der Waals surface area contributed by atoms with Crippen LogP contribution in [0.1, 0.15) is 13.3 Å². The number of rotatable bonds is 5. The number of hydrogen-bond donors (Lipinski definition) is 1. The molecule has 1 aromatic rings. The molecule has 1 aliphatic heterocycles. The van der Waals surface area contributed by atoms with Gasteiger partial charge in [-0.2, -0.15) is 0 Å². The third-order valence-corrected chi connectivity index (χ3v) is 3.46. The van der Waals surface area contributed by atoms with E-state index in [0.29, 0.717) is 6.54 Å². The highest BCUT2D eigenvalue weighted by Crippen LogP contribution is 2.25. The van der Waals surface area contributed by atoms with Crippen molar-refractivity contribution in [1.82, 2.24) is 10.2 Å². The summed E-state index contributed by atoms with van der Waals surface area (Å²) in [5, 5.41) is 14.1. The molecule has 7 heteroatoms. The first-order valence-corrected chi connectivity index (χ1v) is 6.96. The molecule has 0 saturated carbocycles. The molecule has 0 bridgehead atoms. The second-order valence-electron chi connectivity index (χ2n) is 4.96. The first-order valence-electron chi connectivity index (χ1n) is 6.96. The smallest absolute Gasteiger partial charge is 0.310 e. The number of hydrogen-bond acceptors (Lipinski definition) is 5. The van der Waals surface area contributed by atoms with Crippen LogP contribution >= 0.6 is 0 Å². The largest absolute Gasteiger partial charge is 0.486 e. The van der Waals surface area contributed by atoms with Crippen LogP contribution in [0.5, 0.6) is 5.75 Å². The highest BCUT2D eigenvalue weighted by atomic mass is 16.6. The summed E-state index contributed by atoms with van der Waals surface area (Å²) in [5.74, 6) is 0.214. The van der Waals surface area contributed by atoms with Gasteiger partial charge < -0.3 is 15.0 Å². The lowest BCUT2D eigenvalue weighted by Gasteiger charge is -2.34. The predicted octanol–water partition coefficient (Wildman–Crippen LogP) is 1.18. The number of nitrogens with one attached hydrogen (secondary N) is 1. The van der Waals surface area contributed by atoms with E-state index in [2.05, 4.69) is 5.32 Å². The van der Waals surface area contributed by atoms with Crippen molar-refractivity contribution in [3.8, 4) is 5.75 Å². The Bertz CT molecular complexity index is 521. The minimum Gasteiger partial charge on any atom is -0.486 e. The van der Waals surface area contributed by atoms with Gasteiger partial charge in [0.15, 0.2) is 5.75 Å². The summed E-state index contributed by atoms with van der Waals surface area (Å²) in [6.07, 6.45) is 0.219. The fourth-order valence-electron chi connectivity index (χ4n) is 2.33. The van der Waals surface area contributed by atoms with Crippen molar-refractivity contribution in [3.63, 3.8) is 0 Å². The second-order valence-corrected chi connectivity index (χ2v) is 4.96. The van der Waals surface area contributed by atoms with Gasteiger partial charge >= 0.3 is 5.69 Å². The number of nitrogens with zero attached hydrogens (tertiary/aromatic N) is 2. The third-order valence-electron chi connectivity index (χ3n) is 3.46. The molecule has 1 fully saturated rings. The number of ether oxygens (including phenoxy) is 1. The maximum Gasteiger partial charge on any atom is 0.310 e. The van der Waals surface area contributed by atoms with Gasteiger partial charge in [-0.3, -0.25) is 14.9 Å². The fourth-order valence-corrected chi connectivity index (χ4v) is 2.33. The number of carbonyl (C=O) groups is 1. The zero-order valence-electron chi connectivity index (χ0n) is 11.9. The Kier molecular flexibility index (Phi) is 5.10. The molecule has 1 N–H and O–H groups in total. The van der Waals surface area contributed by atoms with Gasteiger partial charge in [-0.15, -0.1) is 0 Å². The van der Waals surface area contributed by atoms with Crippen molar-refractivity contribution >= 4 is 11.6 Å². The molecule has 1 heterocycles. The Morgan fingerprint density at radius 3 is 3.00 bits per heavy atom. The van der Waals surface area contributed by atoms with Gasteiger partial charge in [0, 0.05) is 31.7 Å². The predicted molar refractivity (Wildman–Crippen MR) is 77.3 cm³/mol. The van der Waals surface area contributed by atoms with Gasteiger partial charge in [-0.25, -0.2) is 0 Å². The van der Waals surface area contributed by atoms with Crippen molar-refractivity contribution in [2.75, 3.05) is 26.2 Å². The quantitative estimate of drug-likeness (QED) is 0.651. The molecular formula is C14H19N3O4. The van der Waals surface area contributed by atoms with E-state index in [4.69, 9.17) is 4.74 Å². The molecule has 1 atom stereocenters. The van der Waals surface area contributed by atoms with E-state index in [9.17, 15) is 14.9 Å². The van der Waals surface area contributed by atoms with Gasteiger partial charge in [0.25, 0.3) is 0 Å². The monoisotopic (exact) mass is 293 g/mol. The molecule has 2 rings (SSSR count). The highest BCUT2D eigenvalue weighted by molar-refractivity contribution is 5.76. The van der Waals surface area contributed by atoms with Gasteiger partial charge in [-0.1, -0.05) is 12.1 Å². The molecule has 0 aromatic heterocycles. The van der Waals surface area contributed by atoms with Crippen LogP contribution in [0.2, 0.25) is 0 Å². The summed E-state index contributed by atoms with van der Waals surface area (Å²) < 4.78 is 5.39. The number of piperazine rings is 1. The van der Waals surface area contributed by atoms with Crippen LogP contribution in [0.15, 0.2) is 24.3 Å². The topological polar surface area (TPSA) is 84.7 Å². The van der Waals surface area contributed by atoms with E-state index in [-0.39, 0.29) is 36.4 Å². The Labute approximate surface area is 123 Å². The van der Waals surface area contributed by atoms with Crippen LogP contribution < -0.4 is 10.1 Å². The number of amides is 1. The number of para-hydroxylation sites is 2. The summed E-state index contributed by atoms with van der Waals surface area (Å²) in [5.41, 5.74) is -0.0829. The van der Waals surface area contributed by atoms with Crippen molar-refractivity contribution in [3.05, 3.63) is 34.4 Å². The van der Waals surface area contributed by atoms with E-state index in [1.54, 1.807) is 12.1 Å². The Balaban J connectivity index is 1.87.